The lowest BCUT2D eigenvalue weighted by Crippen LogP contribution is -2.22. The van der Waals surface area contributed by atoms with Gasteiger partial charge in [-0.2, -0.15) is 0 Å². The summed E-state index contributed by atoms with van der Waals surface area (Å²) in [5.41, 5.74) is 3.74. The molecule has 2 aromatic carbocycles. The summed E-state index contributed by atoms with van der Waals surface area (Å²) in [6.07, 6.45) is 3.52. The SMILES string of the molecule is CCCCCN(C)c1ccc(F)cc1CNCc1ccc(C(=O)NC)cc1. The van der Waals surface area contributed by atoms with E-state index < -0.39 is 0 Å². The second kappa shape index (κ2) is 10.7. The smallest absolute Gasteiger partial charge is 0.251 e. The van der Waals surface area contributed by atoms with E-state index in [-0.39, 0.29) is 11.7 Å². The van der Waals surface area contributed by atoms with Gasteiger partial charge < -0.3 is 15.5 Å². The van der Waals surface area contributed by atoms with E-state index in [1.54, 1.807) is 13.1 Å². The van der Waals surface area contributed by atoms with Crippen molar-refractivity contribution < 1.29 is 9.18 Å². The van der Waals surface area contributed by atoms with Crippen LogP contribution in [-0.4, -0.2) is 26.5 Å². The van der Waals surface area contributed by atoms with Crippen molar-refractivity contribution >= 4 is 11.6 Å². The summed E-state index contributed by atoms with van der Waals surface area (Å²) in [6.45, 7) is 4.40. The molecule has 2 N–H and O–H groups in total. The van der Waals surface area contributed by atoms with Crippen LogP contribution in [0.5, 0.6) is 0 Å². The van der Waals surface area contributed by atoms with Crippen molar-refractivity contribution in [1.82, 2.24) is 10.6 Å². The normalized spacial score (nSPS) is 10.7. The molecule has 5 heteroatoms. The Morgan fingerprint density at radius 2 is 1.81 bits per heavy atom. The van der Waals surface area contributed by atoms with Gasteiger partial charge >= 0.3 is 0 Å². The van der Waals surface area contributed by atoms with Gasteiger partial charge in [0.15, 0.2) is 0 Å². The summed E-state index contributed by atoms with van der Waals surface area (Å²) in [5, 5.41) is 5.99. The van der Waals surface area contributed by atoms with Gasteiger partial charge in [0.05, 0.1) is 0 Å². The quantitative estimate of drug-likeness (QED) is 0.618. The zero-order valence-corrected chi connectivity index (χ0v) is 16.5. The highest BCUT2D eigenvalue weighted by Gasteiger charge is 2.09. The number of benzene rings is 2. The summed E-state index contributed by atoms with van der Waals surface area (Å²) >= 11 is 0. The van der Waals surface area contributed by atoms with Gasteiger partial charge in [0.25, 0.3) is 5.91 Å². The molecule has 0 aliphatic carbocycles. The highest BCUT2D eigenvalue weighted by atomic mass is 19.1. The Hall–Kier alpha value is -2.40. The van der Waals surface area contributed by atoms with Crippen molar-refractivity contribution in [1.29, 1.82) is 0 Å². The number of amides is 1. The van der Waals surface area contributed by atoms with Crippen molar-refractivity contribution in [2.75, 3.05) is 25.5 Å². The number of halogens is 1. The van der Waals surface area contributed by atoms with E-state index in [1.807, 2.05) is 30.3 Å². The molecule has 0 radical (unpaired) electrons. The monoisotopic (exact) mass is 371 g/mol. The Bertz CT molecular complexity index is 731. The van der Waals surface area contributed by atoms with Crippen molar-refractivity contribution in [3.63, 3.8) is 0 Å². The van der Waals surface area contributed by atoms with E-state index in [9.17, 15) is 9.18 Å². The first-order chi connectivity index (χ1) is 13.0. The molecule has 4 nitrogen and oxygen atoms in total. The lowest BCUT2D eigenvalue weighted by molar-refractivity contribution is 0.0963. The van der Waals surface area contributed by atoms with Gasteiger partial charge in [0.1, 0.15) is 5.82 Å². The number of hydrogen-bond donors (Lipinski definition) is 2. The highest BCUT2D eigenvalue weighted by molar-refractivity contribution is 5.93. The third-order valence-corrected chi connectivity index (χ3v) is 4.64. The number of unbranched alkanes of at least 4 members (excludes halogenated alkanes) is 2. The topological polar surface area (TPSA) is 44.4 Å². The van der Waals surface area contributed by atoms with Gasteiger partial charge in [-0.15, -0.1) is 0 Å². The molecule has 0 unspecified atom stereocenters. The lowest BCUT2D eigenvalue weighted by atomic mass is 10.1. The van der Waals surface area contributed by atoms with E-state index in [4.69, 9.17) is 0 Å². The summed E-state index contributed by atoms with van der Waals surface area (Å²) < 4.78 is 13.7. The molecule has 1 amide bonds. The average Bonchev–Trinajstić information content (AvgIpc) is 2.68. The maximum absolute atomic E-state index is 13.7. The minimum Gasteiger partial charge on any atom is -0.374 e. The van der Waals surface area contributed by atoms with E-state index in [0.29, 0.717) is 18.7 Å². The Morgan fingerprint density at radius 3 is 2.48 bits per heavy atom. The van der Waals surface area contributed by atoms with Gasteiger partial charge in [-0.1, -0.05) is 31.9 Å². The number of anilines is 1. The van der Waals surface area contributed by atoms with Crippen LogP contribution in [0, 0.1) is 5.82 Å². The number of hydrogen-bond acceptors (Lipinski definition) is 3. The molecule has 0 fully saturated rings. The van der Waals surface area contributed by atoms with Crippen molar-refractivity contribution in [2.45, 2.75) is 39.3 Å². The zero-order chi connectivity index (χ0) is 19.6. The number of carbonyl (C=O) groups is 1. The Kier molecular flexibility index (Phi) is 8.27. The third kappa shape index (κ3) is 6.36. The molecule has 2 rings (SSSR count). The van der Waals surface area contributed by atoms with Crippen molar-refractivity contribution in [3.05, 3.63) is 65.0 Å². The summed E-state index contributed by atoms with van der Waals surface area (Å²) in [4.78, 5) is 13.8. The maximum atomic E-state index is 13.7. The Labute approximate surface area is 161 Å². The van der Waals surface area contributed by atoms with Gasteiger partial charge in [0, 0.05) is 45.0 Å². The maximum Gasteiger partial charge on any atom is 0.251 e. The molecular weight excluding hydrogens is 341 g/mol. The first-order valence-corrected chi connectivity index (χ1v) is 9.56. The van der Waals surface area contributed by atoms with Gasteiger partial charge in [-0.3, -0.25) is 4.79 Å². The fourth-order valence-electron chi connectivity index (χ4n) is 3.05. The van der Waals surface area contributed by atoms with Crippen LogP contribution in [0.1, 0.15) is 47.7 Å². The Morgan fingerprint density at radius 1 is 1.07 bits per heavy atom. The fraction of sp³-hybridized carbons (Fsp3) is 0.409. The molecule has 0 spiro atoms. The largest absolute Gasteiger partial charge is 0.374 e. The van der Waals surface area contributed by atoms with Gasteiger partial charge in [0.2, 0.25) is 0 Å². The van der Waals surface area contributed by atoms with E-state index in [0.717, 1.165) is 29.8 Å². The van der Waals surface area contributed by atoms with Gasteiger partial charge in [-0.25, -0.2) is 4.39 Å². The standard InChI is InChI=1S/C22H30FN3O/c1-4-5-6-13-26(3)21-12-11-20(23)14-19(21)16-25-15-17-7-9-18(10-8-17)22(27)24-2/h7-12,14,25H,4-6,13,15-16H2,1-3H3,(H,24,27). The summed E-state index contributed by atoms with van der Waals surface area (Å²) in [6, 6.07) is 12.5. The molecule has 0 aliphatic rings. The van der Waals surface area contributed by atoms with Crippen LogP contribution in [0.2, 0.25) is 0 Å². The molecule has 0 aromatic heterocycles. The molecule has 0 atom stereocenters. The average molecular weight is 372 g/mol. The fourth-order valence-corrected chi connectivity index (χ4v) is 3.05. The minimum atomic E-state index is -0.215. The Balaban J connectivity index is 1.96. The number of rotatable bonds is 10. The second-order valence-electron chi connectivity index (χ2n) is 6.78. The van der Waals surface area contributed by atoms with E-state index in [2.05, 4.69) is 29.5 Å². The molecule has 27 heavy (non-hydrogen) atoms. The van der Waals surface area contributed by atoms with Crippen LogP contribution in [0.3, 0.4) is 0 Å². The second-order valence-corrected chi connectivity index (χ2v) is 6.78. The number of nitrogens with zero attached hydrogens (tertiary/aromatic N) is 1. The molecule has 2 aromatic rings. The van der Waals surface area contributed by atoms with Crippen LogP contribution in [0.15, 0.2) is 42.5 Å². The molecule has 0 saturated heterocycles. The number of carbonyl (C=O) groups excluding carboxylic acids is 1. The van der Waals surface area contributed by atoms with Gasteiger partial charge in [-0.05, 0) is 47.9 Å². The van der Waals surface area contributed by atoms with Crippen LogP contribution in [-0.2, 0) is 13.1 Å². The molecule has 0 aliphatic heterocycles. The van der Waals surface area contributed by atoms with Crippen molar-refractivity contribution in [3.8, 4) is 0 Å². The van der Waals surface area contributed by atoms with Crippen LogP contribution in [0.4, 0.5) is 10.1 Å². The molecule has 0 heterocycles. The first-order valence-electron chi connectivity index (χ1n) is 9.56. The lowest BCUT2D eigenvalue weighted by Gasteiger charge is -2.23. The van der Waals surface area contributed by atoms with Crippen LogP contribution in [0.25, 0.3) is 0 Å². The minimum absolute atomic E-state index is 0.0926. The predicted octanol–water partition coefficient (Wildman–Crippen LogP) is 4.10. The molecular formula is C22H30FN3O. The zero-order valence-electron chi connectivity index (χ0n) is 16.5. The highest BCUT2D eigenvalue weighted by Crippen LogP contribution is 2.21. The summed E-state index contributed by atoms with van der Waals surface area (Å²) in [7, 11) is 3.68. The molecule has 0 bridgehead atoms. The third-order valence-electron chi connectivity index (χ3n) is 4.64. The summed E-state index contributed by atoms with van der Waals surface area (Å²) in [5.74, 6) is -0.308. The van der Waals surface area contributed by atoms with E-state index >= 15 is 0 Å². The first kappa shape index (κ1) is 20.9. The predicted molar refractivity (Wildman–Crippen MR) is 110 cm³/mol. The van der Waals surface area contributed by atoms with Crippen molar-refractivity contribution in [2.24, 2.45) is 0 Å². The van der Waals surface area contributed by atoms with E-state index in [1.165, 1.54) is 18.9 Å². The molecule has 0 saturated carbocycles. The van der Waals surface area contributed by atoms with Crippen LogP contribution < -0.4 is 15.5 Å². The number of nitrogens with one attached hydrogen (secondary N) is 2. The van der Waals surface area contributed by atoms with Crippen LogP contribution >= 0.6 is 0 Å². The molecule has 146 valence electrons.